The van der Waals surface area contributed by atoms with Crippen LogP contribution in [0.25, 0.3) is 0 Å². The Morgan fingerprint density at radius 3 is 1.46 bits per heavy atom. The van der Waals surface area contributed by atoms with Crippen molar-refractivity contribution in [2.24, 2.45) is 0 Å². The second-order valence-corrected chi connectivity index (χ2v) is 9.19. The second-order valence-electron chi connectivity index (χ2n) is 9.19. The van der Waals surface area contributed by atoms with Crippen molar-refractivity contribution in [1.82, 2.24) is 10.6 Å². The third-order valence-corrected chi connectivity index (χ3v) is 6.01. The van der Waals surface area contributed by atoms with Crippen molar-refractivity contribution in [2.45, 2.75) is 135 Å². The van der Waals surface area contributed by atoms with E-state index in [1.165, 1.54) is 57.8 Å². The number of unbranched alkanes of at least 4 members (excludes halogenated alkanes) is 12. The quantitative estimate of drug-likeness (QED) is 0.114. The van der Waals surface area contributed by atoms with Gasteiger partial charge in [0.25, 0.3) is 0 Å². The molecule has 0 saturated heterocycles. The Balaban J connectivity index is 3.96. The molecule has 0 aromatic heterocycles. The predicted molar refractivity (Wildman–Crippen MR) is 134 cm³/mol. The van der Waals surface area contributed by atoms with Crippen LogP contribution >= 0.6 is 0 Å². The molecule has 0 rings (SSSR count). The van der Waals surface area contributed by atoms with E-state index < -0.39 is 29.9 Å². The first-order chi connectivity index (χ1) is 16.8. The molecular formula is C26H46N2O7. The average molecular weight is 499 g/mol. The second kappa shape index (κ2) is 22.0. The minimum absolute atomic E-state index is 0.00967. The molecule has 0 aromatic carbocycles. The van der Waals surface area contributed by atoms with Crippen LogP contribution in [0, 0.1) is 0 Å². The minimum Gasteiger partial charge on any atom is -0.480 e. The molecule has 2 amide bonds. The Labute approximate surface area is 209 Å². The van der Waals surface area contributed by atoms with Gasteiger partial charge in [0.05, 0.1) is 0 Å². The number of amides is 2. The molecule has 0 aliphatic rings. The lowest BCUT2D eigenvalue weighted by molar-refractivity contribution is -0.143. The van der Waals surface area contributed by atoms with Crippen LogP contribution in [0.3, 0.4) is 0 Å². The van der Waals surface area contributed by atoms with E-state index in [0.29, 0.717) is 12.7 Å². The van der Waals surface area contributed by atoms with Crippen molar-refractivity contribution in [2.75, 3.05) is 0 Å². The van der Waals surface area contributed by atoms with Gasteiger partial charge in [-0.15, -0.1) is 0 Å². The molecule has 0 aromatic rings. The fourth-order valence-electron chi connectivity index (χ4n) is 3.86. The number of hydrogen-bond donors (Lipinski definition) is 4. The molecule has 0 bridgehead atoms. The highest BCUT2D eigenvalue weighted by Gasteiger charge is 2.23. The van der Waals surface area contributed by atoms with Gasteiger partial charge in [-0.1, -0.05) is 84.0 Å². The molecule has 0 saturated carbocycles. The molecule has 0 aliphatic carbocycles. The third-order valence-electron chi connectivity index (χ3n) is 6.01. The Morgan fingerprint density at radius 1 is 0.629 bits per heavy atom. The van der Waals surface area contributed by atoms with E-state index in [1.54, 1.807) is 0 Å². The predicted octanol–water partition coefficient (Wildman–Crippen LogP) is 4.37. The summed E-state index contributed by atoms with van der Waals surface area (Å²) in [5, 5.41) is 23.1. The first-order valence-electron chi connectivity index (χ1n) is 13.3. The molecule has 0 fully saturated rings. The van der Waals surface area contributed by atoms with Gasteiger partial charge in [-0.25, -0.2) is 9.59 Å². The van der Waals surface area contributed by atoms with Gasteiger partial charge in [0.1, 0.15) is 18.4 Å². The first kappa shape index (κ1) is 32.5. The largest absolute Gasteiger partial charge is 0.480 e. The molecule has 4 N–H and O–H groups in total. The lowest BCUT2D eigenvalue weighted by Gasteiger charge is -2.16. The maximum absolute atomic E-state index is 12.1. The number of carboxylic acids is 2. The summed E-state index contributed by atoms with van der Waals surface area (Å²) < 4.78 is 0. The lowest BCUT2D eigenvalue weighted by Crippen LogP contribution is -2.43. The molecule has 9 nitrogen and oxygen atoms in total. The van der Waals surface area contributed by atoms with Crippen molar-refractivity contribution >= 4 is 30.0 Å². The Bertz CT molecular complexity index is 625. The zero-order valence-corrected chi connectivity index (χ0v) is 21.4. The summed E-state index contributed by atoms with van der Waals surface area (Å²) in [5.74, 6) is -3.51. The fraction of sp³-hybridized carbons (Fsp3) is 0.808. The van der Waals surface area contributed by atoms with Crippen LogP contribution in [-0.2, 0) is 24.0 Å². The van der Waals surface area contributed by atoms with Crippen LogP contribution in [0.1, 0.15) is 122 Å². The summed E-state index contributed by atoms with van der Waals surface area (Å²) in [4.78, 5) is 57.0. The number of carboxylic acid groups (broad SMARTS) is 2. The minimum atomic E-state index is -1.26. The summed E-state index contributed by atoms with van der Waals surface area (Å²) >= 11 is 0. The van der Waals surface area contributed by atoms with Gasteiger partial charge >= 0.3 is 11.9 Å². The topological polar surface area (TPSA) is 150 Å². The summed E-state index contributed by atoms with van der Waals surface area (Å²) in [6.45, 7) is 2.23. The van der Waals surface area contributed by atoms with E-state index in [4.69, 9.17) is 5.11 Å². The summed E-state index contributed by atoms with van der Waals surface area (Å²) in [5.41, 5.74) is 0. The first-order valence-corrected chi connectivity index (χ1v) is 13.3. The van der Waals surface area contributed by atoms with Gasteiger partial charge in [-0.05, 0) is 19.3 Å². The van der Waals surface area contributed by atoms with Gasteiger partial charge in [-0.3, -0.25) is 9.59 Å². The van der Waals surface area contributed by atoms with Crippen LogP contribution < -0.4 is 10.6 Å². The monoisotopic (exact) mass is 498 g/mol. The van der Waals surface area contributed by atoms with Crippen LogP contribution in [0.4, 0.5) is 0 Å². The zero-order valence-electron chi connectivity index (χ0n) is 21.4. The number of carbonyl (C=O) groups excluding carboxylic acids is 3. The van der Waals surface area contributed by atoms with Gasteiger partial charge in [0.15, 0.2) is 0 Å². The molecule has 0 heterocycles. The van der Waals surface area contributed by atoms with Crippen molar-refractivity contribution in [1.29, 1.82) is 0 Å². The number of carbonyl (C=O) groups is 5. The van der Waals surface area contributed by atoms with Crippen LogP contribution in [0.15, 0.2) is 0 Å². The number of aldehydes is 1. The number of aliphatic carboxylic acids is 2. The summed E-state index contributed by atoms with van der Waals surface area (Å²) in [6.07, 6.45) is 15.9. The molecule has 35 heavy (non-hydrogen) atoms. The van der Waals surface area contributed by atoms with Gasteiger partial charge in [0, 0.05) is 19.3 Å². The van der Waals surface area contributed by atoms with E-state index in [-0.39, 0.29) is 38.0 Å². The van der Waals surface area contributed by atoms with Gasteiger partial charge < -0.3 is 25.6 Å². The van der Waals surface area contributed by atoms with Gasteiger partial charge in [-0.2, -0.15) is 0 Å². The highest BCUT2D eigenvalue weighted by atomic mass is 16.4. The van der Waals surface area contributed by atoms with Crippen molar-refractivity contribution in [3.63, 3.8) is 0 Å². The van der Waals surface area contributed by atoms with Crippen LogP contribution in [0.5, 0.6) is 0 Å². The normalized spacial score (nSPS) is 12.5. The van der Waals surface area contributed by atoms with Crippen LogP contribution in [0.2, 0.25) is 0 Å². The Morgan fingerprint density at radius 2 is 1.03 bits per heavy atom. The highest BCUT2D eigenvalue weighted by molar-refractivity contribution is 5.86. The molecule has 0 aliphatic heterocycles. The van der Waals surface area contributed by atoms with Crippen molar-refractivity contribution in [3.8, 4) is 0 Å². The van der Waals surface area contributed by atoms with Crippen LogP contribution in [-0.4, -0.2) is 52.3 Å². The standard InChI is InChI=1S/C26H46N2O7/c1-2-3-4-5-6-7-8-9-10-11-12-13-14-17-23(30)28-22(26(34)35)18-19-24(31)27-21(25(32)33)16-15-20-29/h20-22H,2-19H2,1H3,(H,27,31)(H,28,30)(H,32,33)(H,34,35)/t21-,22-/m0/s1. The third kappa shape index (κ3) is 19.5. The smallest absolute Gasteiger partial charge is 0.326 e. The van der Waals surface area contributed by atoms with Crippen molar-refractivity contribution < 1.29 is 34.2 Å². The molecule has 202 valence electrons. The molecule has 0 unspecified atom stereocenters. The number of nitrogens with one attached hydrogen (secondary N) is 2. The molecule has 9 heteroatoms. The van der Waals surface area contributed by atoms with E-state index in [9.17, 15) is 29.1 Å². The molecule has 2 atom stereocenters. The summed E-state index contributed by atoms with van der Waals surface area (Å²) in [6, 6.07) is -2.42. The summed E-state index contributed by atoms with van der Waals surface area (Å²) in [7, 11) is 0. The molecular weight excluding hydrogens is 452 g/mol. The maximum atomic E-state index is 12.1. The SMILES string of the molecule is CCCCCCCCCCCCCCCC(=O)N[C@@H](CCC(=O)N[C@@H](CCC=O)C(=O)O)C(=O)O. The van der Waals surface area contributed by atoms with Gasteiger partial charge in [0.2, 0.25) is 11.8 Å². The zero-order chi connectivity index (χ0) is 26.3. The fourth-order valence-corrected chi connectivity index (χ4v) is 3.86. The number of rotatable bonds is 24. The number of hydrogen-bond acceptors (Lipinski definition) is 5. The highest BCUT2D eigenvalue weighted by Crippen LogP contribution is 2.13. The average Bonchev–Trinajstić information content (AvgIpc) is 2.81. The van der Waals surface area contributed by atoms with E-state index in [0.717, 1.165) is 19.3 Å². The van der Waals surface area contributed by atoms with E-state index >= 15 is 0 Å². The van der Waals surface area contributed by atoms with E-state index in [1.807, 2.05) is 0 Å². The lowest BCUT2D eigenvalue weighted by atomic mass is 10.0. The van der Waals surface area contributed by atoms with Crippen molar-refractivity contribution in [3.05, 3.63) is 0 Å². The maximum Gasteiger partial charge on any atom is 0.326 e. The Kier molecular flexibility index (Phi) is 20.5. The van der Waals surface area contributed by atoms with E-state index in [2.05, 4.69) is 17.6 Å². The molecule has 0 radical (unpaired) electrons. The molecule has 0 spiro atoms. The Hall–Kier alpha value is -2.45.